The molecule has 2 aromatic heterocycles. The van der Waals surface area contributed by atoms with Crippen molar-refractivity contribution in [2.75, 3.05) is 13.1 Å². The van der Waals surface area contributed by atoms with Crippen LogP contribution in [0, 0.1) is 13.8 Å². The van der Waals surface area contributed by atoms with Crippen LogP contribution >= 0.6 is 0 Å². The minimum atomic E-state index is -1.17. The smallest absolute Gasteiger partial charge is 0.314 e. The van der Waals surface area contributed by atoms with E-state index in [1.807, 2.05) is 23.9 Å². The highest BCUT2D eigenvalue weighted by molar-refractivity contribution is 5.73. The number of nitrogens with zero attached hydrogens (tertiary/aromatic N) is 2. The van der Waals surface area contributed by atoms with Crippen molar-refractivity contribution in [1.29, 1.82) is 0 Å². The predicted molar refractivity (Wildman–Crippen MR) is 86.0 cm³/mol. The fourth-order valence-corrected chi connectivity index (χ4v) is 2.45. The van der Waals surface area contributed by atoms with Gasteiger partial charge in [-0.1, -0.05) is 0 Å². The number of carbonyl (C=O) groups is 1. The normalized spacial score (nSPS) is 13.6. The molecule has 0 saturated carbocycles. The van der Waals surface area contributed by atoms with E-state index in [0.717, 1.165) is 18.7 Å². The molecule has 0 bridgehead atoms. The topological polar surface area (TPSA) is 92.3 Å². The predicted octanol–water partition coefficient (Wildman–Crippen LogP) is 1.69. The molecule has 0 aromatic carbocycles. The van der Waals surface area contributed by atoms with Gasteiger partial charge in [0.25, 0.3) is 0 Å². The van der Waals surface area contributed by atoms with E-state index in [2.05, 4.69) is 15.7 Å². The van der Waals surface area contributed by atoms with E-state index in [0.29, 0.717) is 17.9 Å². The second kappa shape index (κ2) is 7.32. The van der Waals surface area contributed by atoms with Crippen LogP contribution in [0.1, 0.15) is 30.4 Å². The molecular formula is C16H24N4O3. The van der Waals surface area contributed by atoms with Gasteiger partial charge < -0.3 is 20.2 Å². The van der Waals surface area contributed by atoms with Gasteiger partial charge in [0.2, 0.25) is 0 Å². The van der Waals surface area contributed by atoms with Gasteiger partial charge >= 0.3 is 6.03 Å². The molecule has 7 nitrogen and oxygen atoms in total. The number of hydrogen-bond donors (Lipinski definition) is 3. The Morgan fingerprint density at radius 1 is 1.43 bits per heavy atom. The SMILES string of the molecule is Cc1cc(C(C)(O)CNC(=O)NCCCn2cccn2)c(C)o1. The summed E-state index contributed by atoms with van der Waals surface area (Å²) in [5, 5.41) is 20.1. The van der Waals surface area contributed by atoms with Gasteiger partial charge in [0.1, 0.15) is 17.1 Å². The Bertz CT molecular complexity index is 632. The van der Waals surface area contributed by atoms with Gasteiger partial charge in [-0.2, -0.15) is 5.10 Å². The number of nitrogens with one attached hydrogen (secondary N) is 2. The zero-order valence-corrected chi connectivity index (χ0v) is 13.8. The van der Waals surface area contributed by atoms with Gasteiger partial charge in [-0.3, -0.25) is 4.68 Å². The van der Waals surface area contributed by atoms with Crippen molar-refractivity contribution in [3.8, 4) is 0 Å². The third-order valence-corrected chi connectivity index (χ3v) is 3.62. The van der Waals surface area contributed by atoms with Crippen LogP contribution in [-0.4, -0.2) is 34.0 Å². The average molecular weight is 320 g/mol. The van der Waals surface area contributed by atoms with E-state index in [1.165, 1.54) is 0 Å². The first-order valence-corrected chi connectivity index (χ1v) is 7.67. The molecule has 2 heterocycles. The first kappa shape index (κ1) is 17.1. The molecule has 0 spiro atoms. The molecule has 2 amide bonds. The summed E-state index contributed by atoms with van der Waals surface area (Å²) in [7, 11) is 0. The largest absolute Gasteiger partial charge is 0.466 e. The summed E-state index contributed by atoms with van der Waals surface area (Å²) in [6.07, 6.45) is 4.39. The molecular weight excluding hydrogens is 296 g/mol. The minimum Gasteiger partial charge on any atom is -0.466 e. The molecule has 0 saturated heterocycles. The Labute approximate surface area is 135 Å². The van der Waals surface area contributed by atoms with Crippen molar-refractivity contribution in [1.82, 2.24) is 20.4 Å². The van der Waals surface area contributed by atoms with E-state index in [4.69, 9.17) is 4.42 Å². The maximum atomic E-state index is 11.8. The molecule has 0 radical (unpaired) electrons. The summed E-state index contributed by atoms with van der Waals surface area (Å²) in [4.78, 5) is 11.8. The zero-order chi connectivity index (χ0) is 16.9. The molecule has 0 aliphatic carbocycles. The van der Waals surface area contributed by atoms with E-state index in [9.17, 15) is 9.90 Å². The fourth-order valence-electron chi connectivity index (χ4n) is 2.45. The highest BCUT2D eigenvalue weighted by atomic mass is 16.3. The maximum Gasteiger partial charge on any atom is 0.314 e. The van der Waals surface area contributed by atoms with Crippen LogP contribution in [0.25, 0.3) is 0 Å². The lowest BCUT2D eigenvalue weighted by Crippen LogP contribution is -2.43. The summed E-state index contributed by atoms with van der Waals surface area (Å²) < 4.78 is 7.24. The molecule has 23 heavy (non-hydrogen) atoms. The standard InChI is InChI=1S/C16H24N4O3/c1-12-10-14(13(2)23-12)16(3,22)11-18-15(21)17-6-4-8-20-9-5-7-19-20/h5,7,9-10,22H,4,6,8,11H2,1-3H3,(H2,17,18,21). The van der Waals surface area contributed by atoms with E-state index in [1.54, 1.807) is 26.1 Å². The molecule has 3 N–H and O–H groups in total. The number of aliphatic hydroxyl groups is 1. The van der Waals surface area contributed by atoms with Gasteiger partial charge in [-0.25, -0.2) is 4.79 Å². The molecule has 1 atom stereocenters. The lowest BCUT2D eigenvalue weighted by atomic mass is 9.96. The van der Waals surface area contributed by atoms with Crippen molar-refractivity contribution in [3.63, 3.8) is 0 Å². The van der Waals surface area contributed by atoms with Crippen molar-refractivity contribution >= 4 is 6.03 Å². The zero-order valence-electron chi connectivity index (χ0n) is 13.8. The van der Waals surface area contributed by atoms with Crippen LogP contribution < -0.4 is 10.6 Å². The molecule has 126 valence electrons. The van der Waals surface area contributed by atoms with Crippen LogP contribution in [0.15, 0.2) is 28.9 Å². The quantitative estimate of drug-likeness (QED) is 0.677. The molecule has 0 aliphatic heterocycles. The van der Waals surface area contributed by atoms with Crippen LogP contribution in [-0.2, 0) is 12.1 Å². The summed E-state index contributed by atoms with van der Waals surface area (Å²) in [5.41, 5.74) is -0.484. The molecule has 1 unspecified atom stereocenters. The Kier molecular flexibility index (Phi) is 5.44. The fraction of sp³-hybridized carbons (Fsp3) is 0.500. The third kappa shape index (κ3) is 4.85. The van der Waals surface area contributed by atoms with Crippen LogP contribution in [0.3, 0.4) is 0 Å². The first-order valence-electron chi connectivity index (χ1n) is 7.67. The summed E-state index contributed by atoms with van der Waals surface area (Å²) in [5.74, 6) is 1.40. The van der Waals surface area contributed by atoms with Crippen molar-refractivity contribution in [3.05, 3.63) is 41.6 Å². The molecule has 0 fully saturated rings. The molecule has 0 aliphatic rings. The number of amides is 2. The van der Waals surface area contributed by atoms with E-state index in [-0.39, 0.29) is 12.6 Å². The number of carbonyl (C=O) groups excluding carboxylic acids is 1. The van der Waals surface area contributed by atoms with Gasteiger partial charge in [0, 0.05) is 31.0 Å². The highest BCUT2D eigenvalue weighted by Gasteiger charge is 2.28. The van der Waals surface area contributed by atoms with E-state index < -0.39 is 5.60 Å². The number of furan rings is 1. The Morgan fingerprint density at radius 2 is 2.22 bits per heavy atom. The van der Waals surface area contributed by atoms with Gasteiger partial charge in [0.05, 0.1) is 6.54 Å². The maximum absolute atomic E-state index is 11.8. The number of hydrogen-bond acceptors (Lipinski definition) is 4. The van der Waals surface area contributed by atoms with Crippen molar-refractivity contribution in [2.45, 2.75) is 39.3 Å². The van der Waals surface area contributed by atoms with Crippen molar-refractivity contribution < 1.29 is 14.3 Å². The van der Waals surface area contributed by atoms with Gasteiger partial charge in [0.15, 0.2) is 0 Å². The van der Waals surface area contributed by atoms with Gasteiger partial charge in [-0.15, -0.1) is 0 Å². The first-order chi connectivity index (χ1) is 10.9. The molecule has 7 heteroatoms. The van der Waals surface area contributed by atoms with Gasteiger partial charge in [-0.05, 0) is 39.3 Å². The Morgan fingerprint density at radius 3 is 2.83 bits per heavy atom. The monoisotopic (exact) mass is 320 g/mol. The van der Waals surface area contributed by atoms with Crippen LogP contribution in [0.4, 0.5) is 4.79 Å². The summed E-state index contributed by atoms with van der Waals surface area (Å²) in [6, 6.07) is 3.35. The van der Waals surface area contributed by atoms with Crippen molar-refractivity contribution in [2.24, 2.45) is 0 Å². The second-order valence-electron chi connectivity index (χ2n) is 5.83. The summed E-state index contributed by atoms with van der Waals surface area (Å²) in [6.45, 7) is 6.68. The highest BCUT2D eigenvalue weighted by Crippen LogP contribution is 2.26. The molecule has 2 aromatic rings. The number of aromatic nitrogens is 2. The second-order valence-corrected chi connectivity index (χ2v) is 5.83. The Hall–Kier alpha value is -2.28. The average Bonchev–Trinajstić information content (AvgIpc) is 3.11. The van der Waals surface area contributed by atoms with Crippen LogP contribution in [0.2, 0.25) is 0 Å². The van der Waals surface area contributed by atoms with E-state index >= 15 is 0 Å². The third-order valence-electron chi connectivity index (χ3n) is 3.62. The number of aryl methyl sites for hydroxylation is 3. The lowest BCUT2D eigenvalue weighted by molar-refractivity contribution is 0.0579. The molecule has 2 rings (SSSR count). The summed E-state index contributed by atoms with van der Waals surface area (Å²) >= 11 is 0. The lowest BCUT2D eigenvalue weighted by Gasteiger charge is -2.23. The Balaban J connectivity index is 1.72. The number of rotatable bonds is 7. The van der Waals surface area contributed by atoms with Crippen LogP contribution in [0.5, 0.6) is 0 Å². The minimum absolute atomic E-state index is 0.109. The number of urea groups is 1.